The van der Waals surface area contributed by atoms with Gasteiger partial charge in [0.15, 0.2) is 0 Å². The molecule has 0 saturated heterocycles. The van der Waals surface area contributed by atoms with Crippen molar-refractivity contribution in [2.45, 2.75) is 44.8 Å². The molecule has 0 aliphatic heterocycles. The fourth-order valence-electron chi connectivity index (χ4n) is 1.07. The molecule has 0 spiro atoms. The third-order valence-electron chi connectivity index (χ3n) is 1.84. The highest BCUT2D eigenvalue weighted by molar-refractivity contribution is 4.72. The van der Waals surface area contributed by atoms with Crippen molar-refractivity contribution in [3.63, 3.8) is 0 Å². The number of nitrogens with one attached hydrogen (secondary N) is 1. The molecule has 1 atom stereocenters. The first-order valence-corrected chi connectivity index (χ1v) is 4.26. The van der Waals surface area contributed by atoms with E-state index in [0.29, 0.717) is 6.42 Å². The van der Waals surface area contributed by atoms with Gasteiger partial charge in [-0.2, -0.15) is 13.2 Å². The summed E-state index contributed by atoms with van der Waals surface area (Å²) < 4.78 is 36.3. The van der Waals surface area contributed by atoms with Crippen LogP contribution < -0.4 is 5.32 Å². The molecule has 0 saturated carbocycles. The van der Waals surface area contributed by atoms with E-state index in [0.717, 1.165) is 12.8 Å². The summed E-state index contributed by atoms with van der Waals surface area (Å²) in [6.07, 6.45) is -1.44. The van der Waals surface area contributed by atoms with Crippen LogP contribution in [0.4, 0.5) is 13.2 Å². The third-order valence-corrected chi connectivity index (χ3v) is 1.84. The second-order valence-electron chi connectivity index (χ2n) is 2.88. The summed E-state index contributed by atoms with van der Waals surface area (Å²) in [6.45, 7) is 1.97. The quantitative estimate of drug-likeness (QED) is 0.646. The predicted octanol–water partition coefficient (Wildman–Crippen LogP) is 2.72. The van der Waals surface area contributed by atoms with Crippen LogP contribution in [0.15, 0.2) is 0 Å². The van der Waals surface area contributed by atoms with E-state index in [4.69, 9.17) is 0 Å². The number of halogens is 3. The molecule has 12 heavy (non-hydrogen) atoms. The fraction of sp³-hybridized carbons (Fsp3) is 1.00. The molecule has 74 valence electrons. The minimum absolute atomic E-state index is 0.188. The summed E-state index contributed by atoms with van der Waals surface area (Å²) in [5, 5.41) is 2.28. The first-order valence-electron chi connectivity index (χ1n) is 4.26. The van der Waals surface area contributed by atoms with Gasteiger partial charge in [-0.1, -0.05) is 26.2 Å². The second-order valence-corrected chi connectivity index (χ2v) is 2.88. The zero-order chi connectivity index (χ0) is 9.61. The summed E-state index contributed by atoms with van der Waals surface area (Å²) in [4.78, 5) is 0. The third kappa shape index (κ3) is 4.59. The van der Waals surface area contributed by atoms with E-state index < -0.39 is 12.2 Å². The molecule has 0 aromatic carbocycles. The van der Waals surface area contributed by atoms with Gasteiger partial charge in [0.1, 0.15) is 6.04 Å². The summed E-state index contributed by atoms with van der Waals surface area (Å²) in [5.74, 6) is 0. The van der Waals surface area contributed by atoms with Gasteiger partial charge in [0, 0.05) is 0 Å². The summed E-state index contributed by atoms with van der Waals surface area (Å²) >= 11 is 0. The molecule has 1 unspecified atom stereocenters. The molecule has 0 rings (SSSR count). The standard InChI is InChI=1S/C8H16F3N/c1-3-4-5-6-7(12-2)8(9,10)11/h7,12H,3-6H2,1-2H3. The lowest BCUT2D eigenvalue weighted by Gasteiger charge is -2.18. The van der Waals surface area contributed by atoms with Crippen molar-refractivity contribution in [2.75, 3.05) is 7.05 Å². The molecule has 0 heterocycles. The minimum atomic E-state index is -4.09. The predicted molar refractivity (Wildman–Crippen MR) is 43.0 cm³/mol. The molecule has 0 aliphatic carbocycles. The number of unbranched alkanes of at least 4 members (excludes halogenated alkanes) is 2. The van der Waals surface area contributed by atoms with E-state index in [2.05, 4.69) is 5.32 Å². The minimum Gasteiger partial charge on any atom is -0.309 e. The molecular weight excluding hydrogens is 167 g/mol. The fourth-order valence-corrected chi connectivity index (χ4v) is 1.07. The van der Waals surface area contributed by atoms with Gasteiger partial charge >= 0.3 is 6.18 Å². The van der Waals surface area contributed by atoms with Crippen LogP contribution in [0.1, 0.15) is 32.6 Å². The Morgan fingerprint density at radius 3 is 2.17 bits per heavy atom. The molecule has 0 radical (unpaired) electrons. The maximum atomic E-state index is 12.1. The van der Waals surface area contributed by atoms with Crippen LogP contribution in [0.5, 0.6) is 0 Å². The van der Waals surface area contributed by atoms with Gasteiger partial charge in [-0.3, -0.25) is 0 Å². The summed E-state index contributed by atoms with van der Waals surface area (Å²) in [7, 11) is 1.35. The van der Waals surface area contributed by atoms with Crippen molar-refractivity contribution >= 4 is 0 Å². The van der Waals surface area contributed by atoms with Crippen molar-refractivity contribution in [2.24, 2.45) is 0 Å². The van der Waals surface area contributed by atoms with Crippen molar-refractivity contribution < 1.29 is 13.2 Å². The second kappa shape index (κ2) is 5.41. The van der Waals surface area contributed by atoms with Gasteiger partial charge in [-0.05, 0) is 13.5 Å². The summed E-state index contributed by atoms with van der Waals surface area (Å²) in [5.41, 5.74) is 0. The lowest BCUT2D eigenvalue weighted by Crippen LogP contribution is -2.39. The van der Waals surface area contributed by atoms with Gasteiger partial charge in [-0.25, -0.2) is 0 Å². The van der Waals surface area contributed by atoms with E-state index in [1.807, 2.05) is 6.92 Å². The SMILES string of the molecule is CCCCCC(NC)C(F)(F)F. The molecular formula is C8H16F3N. The first-order chi connectivity index (χ1) is 5.52. The average molecular weight is 183 g/mol. The van der Waals surface area contributed by atoms with E-state index in [-0.39, 0.29) is 6.42 Å². The Bertz CT molecular complexity index is 111. The van der Waals surface area contributed by atoms with Gasteiger partial charge in [0.25, 0.3) is 0 Å². The lowest BCUT2D eigenvalue weighted by molar-refractivity contribution is -0.156. The number of rotatable bonds is 5. The van der Waals surface area contributed by atoms with Crippen LogP contribution in [0, 0.1) is 0 Å². The highest BCUT2D eigenvalue weighted by Crippen LogP contribution is 2.23. The molecule has 1 nitrogen and oxygen atoms in total. The van der Waals surface area contributed by atoms with E-state index in [9.17, 15) is 13.2 Å². The Labute approximate surface area is 71.3 Å². The molecule has 0 amide bonds. The molecule has 4 heteroatoms. The van der Waals surface area contributed by atoms with E-state index in [1.54, 1.807) is 0 Å². The Morgan fingerprint density at radius 2 is 1.83 bits per heavy atom. The van der Waals surface area contributed by atoms with Crippen LogP contribution in [0.25, 0.3) is 0 Å². The number of alkyl halides is 3. The van der Waals surface area contributed by atoms with E-state index in [1.165, 1.54) is 7.05 Å². The molecule has 0 aromatic heterocycles. The van der Waals surface area contributed by atoms with Crippen molar-refractivity contribution in [3.8, 4) is 0 Å². The smallest absolute Gasteiger partial charge is 0.309 e. The Morgan fingerprint density at radius 1 is 1.25 bits per heavy atom. The average Bonchev–Trinajstić information content (AvgIpc) is 1.95. The van der Waals surface area contributed by atoms with Crippen LogP contribution in [0.3, 0.4) is 0 Å². The Balaban J connectivity index is 3.68. The van der Waals surface area contributed by atoms with Gasteiger partial charge in [0.2, 0.25) is 0 Å². The Kier molecular flexibility index (Phi) is 5.29. The first kappa shape index (κ1) is 11.8. The highest BCUT2D eigenvalue weighted by atomic mass is 19.4. The largest absolute Gasteiger partial charge is 0.403 e. The lowest BCUT2D eigenvalue weighted by atomic mass is 10.1. The monoisotopic (exact) mass is 183 g/mol. The van der Waals surface area contributed by atoms with Crippen molar-refractivity contribution in [1.82, 2.24) is 5.32 Å². The molecule has 0 fully saturated rings. The van der Waals surface area contributed by atoms with Gasteiger partial charge < -0.3 is 5.32 Å². The van der Waals surface area contributed by atoms with Gasteiger partial charge in [0.05, 0.1) is 0 Å². The number of hydrogen-bond acceptors (Lipinski definition) is 1. The highest BCUT2D eigenvalue weighted by Gasteiger charge is 2.37. The zero-order valence-electron chi connectivity index (χ0n) is 7.54. The topological polar surface area (TPSA) is 12.0 Å². The zero-order valence-corrected chi connectivity index (χ0v) is 7.54. The van der Waals surface area contributed by atoms with Gasteiger partial charge in [-0.15, -0.1) is 0 Å². The van der Waals surface area contributed by atoms with Crippen LogP contribution in [0.2, 0.25) is 0 Å². The van der Waals surface area contributed by atoms with Crippen LogP contribution in [-0.4, -0.2) is 19.3 Å². The van der Waals surface area contributed by atoms with Crippen molar-refractivity contribution in [1.29, 1.82) is 0 Å². The normalized spacial score (nSPS) is 14.8. The van der Waals surface area contributed by atoms with E-state index >= 15 is 0 Å². The molecule has 0 aliphatic rings. The maximum Gasteiger partial charge on any atom is 0.403 e. The Hall–Kier alpha value is -0.250. The number of hydrogen-bond donors (Lipinski definition) is 1. The van der Waals surface area contributed by atoms with Crippen LogP contribution in [-0.2, 0) is 0 Å². The van der Waals surface area contributed by atoms with Crippen LogP contribution >= 0.6 is 0 Å². The maximum absolute atomic E-state index is 12.1. The molecule has 1 N–H and O–H groups in total. The summed E-state index contributed by atoms with van der Waals surface area (Å²) in [6, 6.07) is -1.33. The molecule has 0 aromatic rings. The molecule has 0 bridgehead atoms. The van der Waals surface area contributed by atoms with Crippen molar-refractivity contribution in [3.05, 3.63) is 0 Å².